The van der Waals surface area contributed by atoms with E-state index in [4.69, 9.17) is 4.74 Å². The summed E-state index contributed by atoms with van der Waals surface area (Å²) in [7, 11) is 0. The number of hydrogen-bond donors (Lipinski definition) is 1. The van der Waals surface area contributed by atoms with Crippen LogP contribution in [0.2, 0.25) is 0 Å². The number of ether oxygens (including phenoxy) is 2. The van der Waals surface area contributed by atoms with E-state index in [1.54, 1.807) is 19.1 Å². The van der Waals surface area contributed by atoms with Crippen molar-refractivity contribution in [3.8, 4) is 5.75 Å². The van der Waals surface area contributed by atoms with E-state index in [2.05, 4.69) is 17.4 Å². The van der Waals surface area contributed by atoms with Gasteiger partial charge in [0.15, 0.2) is 0 Å². The number of esters is 1. The van der Waals surface area contributed by atoms with Crippen LogP contribution in [0.25, 0.3) is 10.8 Å². The van der Waals surface area contributed by atoms with Gasteiger partial charge in [0.05, 0.1) is 6.61 Å². The van der Waals surface area contributed by atoms with Crippen molar-refractivity contribution >= 4 is 29.4 Å². The van der Waals surface area contributed by atoms with Gasteiger partial charge in [-0.25, -0.2) is 4.79 Å². The number of hydrogen-bond acceptors (Lipinski definition) is 4. The fraction of sp³-hybridized carbons (Fsp3) is 0.353. The van der Waals surface area contributed by atoms with Crippen molar-refractivity contribution in [2.45, 2.75) is 24.9 Å². The summed E-state index contributed by atoms with van der Waals surface area (Å²) in [6.07, 6.45) is -11.8. The quantitative estimate of drug-likeness (QED) is 0.417. The molecule has 0 amide bonds. The summed E-state index contributed by atoms with van der Waals surface area (Å²) in [5.74, 6) is -3.81. The Morgan fingerprint density at radius 3 is 2.11 bits per heavy atom. The lowest BCUT2D eigenvalue weighted by molar-refractivity contribution is -0.355. The first-order chi connectivity index (χ1) is 12.5. The molecule has 0 aliphatic carbocycles. The summed E-state index contributed by atoms with van der Waals surface area (Å²) in [6, 6.07) is 8.80. The summed E-state index contributed by atoms with van der Waals surface area (Å²) < 4.78 is 88.7. The molecule has 0 aliphatic rings. The van der Waals surface area contributed by atoms with Crippen LogP contribution in [-0.2, 0) is 4.74 Å². The summed E-state index contributed by atoms with van der Waals surface area (Å²) >= 11 is 3.17. The molecule has 0 saturated carbocycles. The minimum atomic E-state index is -5.92. The van der Waals surface area contributed by atoms with Crippen molar-refractivity contribution in [3.05, 3.63) is 42.0 Å². The van der Waals surface area contributed by atoms with E-state index in [-0.39, 0.29) is 17.7 Å². The van der Waals surface area contributed by atoms with Gasteiger partial charge in [0.1, 0.15) is 11.3 Å². The van der Waals surface area contributed by atoms with Gasteiger partial charge < -0.3 is 9.47 Å². The Morgan fingerprint density at radius 2 is 1.59 bits per heavy atom. The second kappa shape index (κ2) is 7.49. The number of carbonyl (C=O) groups excluding carboxylic acids is 1. The first-order valence-electron chi connectivity index (χ1n) is 7.60. The third kappa shape index (κ3) is 3.80. The van der Waals surface area contributed by atoms with Gasteiger partial charge in [0, 0.05) is 5.75 Å². The minimum absolute atomic E-state index is 0.0366. The van der Waals surface area contributed by atoms with Crippen LogP contribution < -0.4 is 4.74 Å². The number of fused-ring (bicyclic) bond motifs is 1. The molecule has 0 aromatic heterocycles. The number of carbonyl (C=O) groups is 1. The molecule has 2 aromatic carbocycles. The second-order valence-electron chi connectivity index (χ2n) is 5.46. The van der Waals surface area contributed by atoms with E-state index in [9.17, 15) is 31.1 Å². The number of alkyl halides is 6. The van der Waals surface area contributed by atoms with E-state index in [0.717, 1.165) is 0 Å². The predicted octanol–water partition coefficient (Wildman–Crippen LogP) is 5.19. The van der Waals surface area contributed by atoms with Gasteiger partial charge in [-0.1, -0.05) is 30.3 Å². The van der Waals surface area contributed by atoms with E-state index in [1.807, 2.05) is 0 Å². The molecule has 3 nitrogen and oxygen atoms in total. The molecule has 2 aromatic rings. The van der Waals surface area contributed by atoms with Gasteiger partial charge in [0.2, 0.25) is 0 Å². The zero-order valence-electron chi connectivity index (χ0n) is 13.8. The minimum Gasteiger partial charge on any atom is -0.493 e. The van der Waals surface area contributed by atoms with Gasteiger partial charge in [-0.15, -0.1) is 0 Å². The fourth-order valence-electron chi connectivity index (χ4n) is 2.44. The first kappa shape index (κ1) is 21.2. The molecule has 0 unspecified atom stereocenters. The van der Waals surface area contributed by atoms with Gasteiger partial charge >= 0.3 is 23.9 Å². The molecule has 0 fully saturated rings. The normalized spacial score (nSPS) is 12.9. The summed E-state index contributed by atoms with van der Waals surface area (Å²) in [5.41, 5.74) is -5.27. The van der Waals surface area contributed by atoms with Crippen LogP contribution in [0.3, 0.4) is 0 Å². The smallest absolute Gasteiger partial charge is 0.438 e. The zero-order chi connectivity index (χ0) is 20.5. The Kier molecular flexibility index (Phi) is 5.88. The Balaban J connectivity index is 2.64. The van der Waals surface area contributed by atoms with Crippen molar-refractivity contribution in [2.75, 3.05) is 12.4 Å². The predicted molar refractivity (Wildman–Crippen MR) is 89.2 cm³/mol. The molecular formula is C17H14F6O3S. The maximum atomic E-state index is 13.2. The molecule has 0 atom stereocenters. The SMILES string of the molecule is CCOc1ccc2ccccc2c1C(=O)OC(CS)(C(F)(F)F)C(F)(F)F. The monoisotopic (exact) mass is 412 g/mol. The van der Waals surface area contributed by atoms with Crippen LogP contribution in [0, 0.1) is 0 Å². The zero-order valence-corrected chi connectivity index (χ0v) is 14.7. The number of benzene rings is 2. The van der Waals surface area contributed by atoms with Crippen LogP contribution in [-0.4, -0.2) is 36.3 Å². The largest absolute Gasteiger partial charge is 0.493 e. The third-order valence-electron chi connectivity index (χ3n) is 3.80. The summed E-state index contributed by atoms with van der Waals surface area (Å²) in [6.45, 7) is 1.59. The topological polar surface area (TPSA) is 35.5 Å². The fourth-order valence-corrected chi connectivity index (χ4v) is 2.86. The van der Waals surface area contributed by atoms with Gasteiger partial charge in [-0.3, -0.25) is 0 Å². The molecule has 0 spiro atoms. The van der Waals surface area contributed by atoms with Gasteiger partial charge in [-0.2, -0.15) is 39.0 Å². The number of thiol groups is 1. The molecule has 0 N–H and O–H groups in total. The third-order valence-corrected chi connectivity index (χ3v) is 4.25. The number of rotatable bonds is 5. The van der Waals surface area contributed by atoms with Gasteiger partial charge in [0.25, 0.3) is 0 Å². The average Bonchev–Trinajstić information content (AvgIpc) is 2.57. The van der Waals surface area contributed by atoms with Crippen LogP contribution >= 0.6 is 12.6 Å². The molecule has 0 bridgehead atoms. The van der Waals surface area contributed by atoms with E-state index in [1.165, 1.54) is 24.3 Å². The maximum Gasteiger partial charge on any atom is 0.438 e. The Morgan fingerprint density at radius 1 is 1.00 bits per heavy atom. The first-order valence-corrected chi connectivity index (χ1v) is 8.24. The van der Waals surface area contributed by atoms with Crippen LogP contribution in [0.5, 0.6) is 5.75 Å². The van der Waals surface area contributed by atoms with Crippen LogP contribution in [0.1, 0.15) is 17.3 Å². The van der Waals surface area contributed by atoms with E-state index < -0.39 is 35.2 Å². The Hall–Kier alpha value is -2.10. The molecule has 2 rings (SSSR count). The van der Waals surface area contributed by atoms with Crippen molar-refractivity contribution in [1.29, 1.82) is 0 Å². The highest BCUT2D eigenvalue weighted by Gasteiger charge is 2.73. The highest BCUT2D eigenvalue weighted by atomic mass is 32.1. The molecule has 148 valence electrons. The maximum absolute atomic E-state index is 13.2. The van der Waals surface area contributed by atoms with Gasteiger partial charge in [-0.05, 0) is 23.8 Å². The lowest BCUT2D eigenvalue weighted by Gasteiger charge is -2.35. The lowest BCUT2D eigenvalue weighted by atomic mass is 10.0. The van der Waals surface area contributed by atoms with E-state index >= 15 is 0 Å². The molecule has 0 radical (unpaired) electrons. The van der Waals surface area contributed by atoms with Crippen molar-refractivity contribution in [1.82, 2.24) is 0 Å². The van der Waals surface area contributed by atoms with Crippen molar-refractivity contribution in [2.24, 2.45) is 0 Å². The molecule has 10 heteroatoms. The van der Waals surface area contributed by atoms with Crippen LogP contribution in [0.15, 0.2) is 36.4 Å². The highest BCUT2D eigenvalue weighted by Crippen LogP contribution is 2.47. The lowest BCUT2D eigenvalue weighted by Crippen LogP contribution is -2.61. The van der Waals surface area contributed by atoms with Crippen LogP contribution in [0.4, 0.5) is 26.3 Å². The Bertz CT molecular complexity index is 818. The standard InChI is InChI=1S/C17H14F6O3S/c1-2-25-12-8-7-10-5-3-4-6-11(10)13(12)14(24)26-15(9-27,16(18,19)20)17(21,22)23/h3-8,27H,2,9H2,1H3. The summed E-state index contributed by atoms with van der Waals surface area (Å²) in [4.78, 5) is 12.5. The van der Waals surface area contributed by atoms with Crippen molar-refractivity contribution in [3.63, 3.8) is 0 Å². The highest BCUT2D eigenvalue weighted by molar-refractivity contribution is 7.80. The molecule has 0 aliphatic heterocycles. The molecule has 0 heterocycles. The molecule has 0 saturated heterocycles. The van der Waals surface area contributed by atoms with Crippen molar-refractivity contribution < 1.29 is 40.6 Å². The summed E-state index contributed by atoms with van der Waals surface area (Å²) in [5, 5.41) is 0.522. The Labute approximate surface area is 155 Å². The molecular weight excluding hydrogens is 398 g/mol. The average molecular weight is 412 g/mol. The van der Waals surface area contributed by atoms with E-state index in [0.29, 0.717) is 5.39 Å². The number of halogens is 6. The second-order valence-corrected chi connectivity index (χ2v) is 5.78. The molecule has 27 heavy (non-hydrogen) atoms.